The van der Waals surface area contributed by atoms with E-state index in [1.807, 2.05) is 0 Å². The van der Waals surface area contributed by atoms with Crippen molar-refractivity contribution in [3.05, 3.63) is 70.3 Å². The van der Waals surface area contributed by atoms with E-state index in [1.165, 1.54) is 24.5 Å². The SMILES string of the molecule is O=C([O-])c1ccccn1.O=C([O-])c1ccccn1.O=N[O-].[Co+3].[OH3+]. The molecule has 3 N–H and O–H groups in total. The Morgan fingerprint density at radius 2 is 1.17 bits per heavy atom. The van der Waals surface area contributed by atoms with Gasteiger partial charge in [0.1, 0.15) is 0 Å². The van der Waals surface area contributed by atoms with Crippen molar-refractivity contribution in [2.75, 3.05) is 0 Å². The molecule has 0 unspecified atom stereocenters. The van der Waals surface area contributed by atoms with Crippen molar-refractivity contribution in [1.29, 1.82) is 0 Å². The number of rotatable bonds is 2. The van der Waals surface area contributed by atoms with Crippen LogP contribution in [0.25, 0.3) is 0 Å². The Balaban J connectivity index is -0.000000277. The molecular formula is C12H11CoN3O7+. The van der Waals surface area contributed by atoms with Crippen LogP contribution < -0.4 is 10.2 Å². The van der Waals surface area contributed by atoms with Gasteiger partial charge in [-0.1, -0.05) is 12.1 Å². The van der Waals surface area contributed by atoms with E-state index in [0.717, 1.165) is 5.34 Å². The summed E-state index contributed by atoms with van der Waals surface area (Å²) in [7, 11) is 0. The number of carbonyl (C=O) groups is 2. The van der Waals surface area contributed by atoms with Crippen LogP contribution >= 0.6 is 0 Å². The number of carboxylic acid groups (broad SMARTS) is 2. The maximum atomic E-state index is 10.0. The van der Waals surface area contributed by atoms with Crippen LogP contribution in [0, 0.1) is 10.1 Å². The second kappa shape index (κ2) is 15.5. The summed E-state index contributed by atoms with van der Waals surface area (Å²) in [6, 6.07) is 9.25. The van der Waals surface area contributed by atoms with Gasteiger partial charge in [-0.2, -0.15) is 0 Å². The van der Waals surface area contributed by atoms with Gasteiger partial charge >= 0.3 is 16.8 Å². The van der Waals surface area contributed by atoms with Crippen LogP contribution in [0.3, 0.4) is 0 Å². The van der Waals surface area contributed by atoms with Crippen molar-refractivity contribution in [2.24, 2.45) is 5.34 Å². The average molecular weight is 368 g/mol. The summed E-state index contributed by atoms with van der Waals surface area (Å²) < 4.78 is 0. The van der Waals surface area contributed by atoms with Gasteiger partial charge in [0.15, 0.2) is 0 Å². The van der Waals surface area contributed by atoms with Crippen LogP contribution in [0.1, 0.15) is 21.0 Å². The molecule has 10 nitrogen and oxygen atoms in total. The molecule has 0 aliphatic rings. The smallest absolute Gasteiger partial charge is 0.543 e. The zero-order valence-corrected chi connectivity index (χ0v) is 12.4. The number of carbonyl (C=O) groups excluding carboxylic acids is 2. The minimum atomic E-state index is -1.24. The van der Waals surface area contributed by atoms with Crippen molar-refractivity contribution >= 4 is 11.9 Å². The first kappa shape index (κ1) is 25.1. The first-order valence-electron chi connectivity index (χ1n) is 5.22. The summed E-state index contributed by atoms with van der Waals surface area (Å²) in [6.07, 6.45) is 2.82. The standard InChI is InChI=1S/2C6H5NO2.Co.HNO2.H2O/c2*8-6(9)5-3-1-2-4-7-5;;2-1-3;/h2*1-4H,(H,8,9);;(H,2,3);1H2/q;;+3;;/p-2. The predicted octanol–water partition coefficient (Wildman–Crippen LogP) is -1.78. The molecule has 0 amide bonds. The third-order valence-electron chi connectivity index (χ3n) is 1.75. The largest absolute Gasteiger partial charge is 3.00 e. The van der Waals surface area contributed by atoms with E-state index in [2.05, 4.69) is 9.97 Å². The zero-order valence-electron chi connectivity index (χ0n) is 11.3. The topological polar surface area (TPSA) is 192 Å². The summed E-state index contributed by atoms with van der Waals surface area (Å²) >= 11 is 0. The molecule has 11 heteroatoms. The Kier molecular flexibility index (Phi) is 16.9. The molecule has 124 valence electrons. The van der Waals surface area contributed by atoms with Gasteiger partial charge in [0, 0.05) is 12.4 Å². The molecule has 0 saturated heterocycles. The van der Waals surface area contributed by atoms with Crippen molar-refractivity contribution in [2.45, 2.75) is 0 Å². The quantitative estimate of drug-likeness (QED) is 0.337. The average Bonchev–Trinajstić information content (AvgIpc) is 2.50. The Morgan fingerprint density at radius 1 is 0.870 bits per heavy atom. The zero-order chi connectivity index (χ0) is 16.1. The summed E-state index contributed by atoms with van der Waals surface area (Å²) in [5.74, 6) is -2.48. The number of aromatic nitrogens is 2. The molecule has 0 aromatic carbocycles. The first-order valence-corrected chi connectivity index (χ1v) is 5.22. The third kappa shape index (κ3) is 12.6. The molecule has 0 aliphatic heterocycles. The van der Waals surface area contributed by atoms with Gasteiger partial charge < -0.3 is 35.4 Å². The Labute approximate surface area is 140 Å². The summed E-state index contributed by atoms with van der Waals surface area (Å²) in [5.41, 5.74) is -0.0602. The second-order valence-corrected chi connectivity index (χ2v) is 3.08. The third-order valence-corrected chi connectivity index (χ3v) is 1.75. The van der Waals surface area contributed by atoms with Gasteiger partial charge in [0.25, 0.3) is 0 Å². The Bertz CT molecular complexity index is 520. The van der Waals surface area contributed by atoms with Crippen LogP contribution in [0.2, 0.25) is 0 Å². The van der Waals surface area contributed by atoms with Crippen LogP contribution in [0.15, 0.2) is 54.1 Å². The number of nitrogens with zero attached hydrogens (tertiary/aromatic N) is 3. The second-order valence-electron chi connectivity index (χ2n) is 3.08. The van der Waals surface area contributed by atoms with Crippen LogP contribution in [0.5, 0.6) is 0 Å². The van der Waals surface area contributed by atoms with Crippen LogP contribution in [0.4, 0.5) is 0 Å². The minimum Gasteiger partial charge on any atom is -0.543 e. The van der Waals surface area contributed by atoms with E-state index in [-0.39, 0.29) is 33.6 Å². The van der Waals surface area contributed by atoms with Gasteiger partial charge in [-0.15, -0.1) is 5.34 Å². The van der Waals surface area contributed by atoms with E-state index >= 15 is 0 Å². The Morgan fingerprint density at radius 3 is 1.30 bits per heavy atom. The molecule has 0 saturated carbocycles. The maximum Gasteiger partial charge on any atom is 3.00 e. The molecule has 0 aliphatic carbocycles. The van der Waals surface area contributed by atoms with Gasteiger partial charge in [0.2, 0.25) is 0 Å². The van der Waals surface area contributed by atoms with Crippen molar-refractivity contribution in [3.63, 3.8) is 0 Å². The summed E-state index contributed by atoms with van der Waals surface area (Å²) in [6.45, 7) is 0. The minimum absolute atomic E-state index is 0. The van der Waals surface area contributed by atoms with E-state index in [0.29, 0.717) is 0 Å². The summed E-state index contributed by atoms with van der Waals surface area (Å²) in [4.78, 5) is 35.1. The number of carboxylic acids is 2. The number of hydrogen-bond acceptors (Lipinski definition) is 9. The van der Waals surface area contributed by atoms with Gasteiger partial charge in [0.05, 0.1) is 23.3 Å². The molecule has 2 rings (SSSR count). The number of hydrogen-bond donors (Lipinski definition) is 0. The molecule has 0 fully saturated rings. The van der Waals surface area contributed by atoms with Crippen molar-refractivity contribution in [1.82, 2.24) is 9.97 Å². The van der Waals surface area contributed by atoms with Crippen LogP contribution in [-0.4, -0.2) is 21.9 Å². The molecular weight excluding hydrogens is 357 g/mol. The van der Waals surface area contributed by atoms with E-state index in [9.17, 15) is 19.8 Å². The molecule has 0 atom stereocenters. The van der Waals surface area contributed by atoms with Crippen molar-refractivity contribution < 1.29 is 42.1 Å². The Hall–Kier alpha value is -2.89. The van der Waals surface area contributed by atoms with Gasteiger partial charge in [-0.3, -0.25) is 9.97 Å². The van der Waals surface area contributed by atoms with Crippen molar-refractivity contribution in [3.8, 4) is 0 Å². The predicted molar refractivity (Wildman–Crippen MR) is 71.2 cm³/mol. The number of aromatic carboxylic acids is 2. The van der Waals surface area contributed by atoms with E-state index in [1.54, 1.807) is 24.3 Å². The first-order chi connectivity index (χ1) is 10.0. The normalized spacial score (nSPS) is 7.48. The van der Waals surface area contributed by atoms with Crippen LogP contribution in [-0.2, 0) is 22.3 Å². The molecule has 2 aromatic heterocycles. The van der Waals surface area contributed by atoms with E-state index < -0.39 is 11.9 Å². The monoisotopic (exact) mass is 368 g/mol. The molecule has 2 aromatic rings. The van der Waals surface area contributed by atoms with Gasteiger partial charge in [-0.05, 0) is 24.3 Å². The van der Waals surface area contributed by atoms with Gasteiger partial charge in [-0.25, -0.2) is 0 Å². The fourth-order valence-corrected chi connectivity index (χ4v) is 0.967. The molecule has 0 bridgehead atoms. The number of pyridine rings is 2. The fourth-order valence-electron chi connectivity index (χ4n) is 0.967. The maximum absolute atomic E-state index is 10.0. The molecule has 0 spiro atoms. The fraction of sp³-hybridized carbons (Fsp3) is 0. The molecule has 23 heavy (non-hydrogen) atoms. The molecule has 2 heterocycles. The van der Waals surface area contributed by atoms with E-state index in [4.69, 9.17) is 10.1 Å². The summed E-state index contributed by atoms with van der Waals surface area (Å²) in [5, 5.41) is 29.1. The molecule has 0 radical (unpaired) electrons.